The minimum Gasteiger partial charge on any atom is -0.490 e. The number of nitrogens with one attached hydrogen (secondary N) is 2. The van der Waals surface area contributed by atoms with E-state index in [1.165, 1.54) is 6.08 Å². The zero-order chi connectivity index (χ0) is 19.5. The van der Waals surface area contributed by atoms with E-state index in [2.05, 4.69) is 17.2 Å². The van der Waals surface area contributed by atoms with Gasteiger partial charge in [-0.15, -0.1) is 0 Å². The van der Waals surface area contributed by atoms with Crippen LogP contribution in [0.5, 0.6) is 5.75 Å². The van der Waals surface area contributed by atoms with Gasteiger partial charge in [0.25, 0.3) is 0 Å². The van der Waals surface area contributed by atoms with Crippen LogP contribution in [0.2, 0.25) is 0 Å². The third kappa shape index (κ3) is 6.82. The van der Waals surface area contributed by atoms with E-state index in [4.69, 9.17) is 4.74 Å². The maximum atomic E-state index is 12.0. The van der Waals surface area contributed by atoms with Crippen LogP contribution in [0.15, 0.2) is 67.3 Å². The molecule has 0 heterocycles. The van der Waals surface area contributed by atoms with E-state index >= 15 is 0 Å². The predicted molar refractivity (Wildman–Crippen MR) is 109 cm³/mol. The number of rotatable bonds is 9. The van der Waals surface area contributed by atoms with Crippen LogP contribution in [0.25, 0.3) is 6.08 Å². The molecule has 0 fully saturated rings. The van der Waals surface area contributed by atoms with E-state index < -0.39 is 0 Å². The summed E-state index contributed by atoms with van der Waals surface area (Å²) in [5.74, 6) is 0.141. The molecule has 0 aromatic heterocycles. The largest absolute Gasteiger partial charge is 0.490 e. The normalized spacial score (nSPS) is 10.4. The summed E-state index contributed by atoms with van der Waals surface area (Å²) in [5.41, 5.74) is 2.68. The number of amides is 2. The quantitative estimate of drug-likeness (QED) is 0.528. The van der Waals surface area contributed by atoms with Crippen molar-refractivity contribution in [2.75, 3.05) is 18.5 Å². The number of para-hydroxylation sites is 1. The average molecular weight is 364 g/mol. The zero-order valence-corrected chi connectivity index (χ0v) is 15.4. The predicted octanol–water partition coefficient (Wildman–Crippen LogP) is 3.58. The molecule has 5 nitrogen and oxygen atoms in total. The van der Waals surface area contributed by atoms with Crippen molar-refractivity contribution in [2.24, 2.45) is 0 Å². The first-order valence-electron chi connectivity index (χ1n) is 8.79. The number of aryl methyl sites for hydroxylation is 1. The van der Waals surface area contributed by atoms with Gasteiger partial charge in [0.05, 0.1) is 6.54 Å². The van der Waals surface area contributed by atoms with Crippen LogP contribution in [0.3, 0.4) is 0 Å². The van der Waals surface area contributed by atoms with Gasteiger partial charge in [0.1, 0.15) is 12.4 Å². The number of carbonyl (C=O) groups is 2. The SMILES string of the molecule is C=CCOc1ccc(/C=C/C(=O)NCC(=O)Nc2ccccc2CC)cc1. The zero-order valence-electron chi connectivity index (χ0n) is 15.4. The Bertz CT molecular complexity index is 811. The summed E-state index contributed by atoms with van der Waals surface area (Å²) in [4.78, 5) is 23.9. The number of anilines is 1. The maximum Gasteiger partial charge on any atom is 0.244 e. The molecule has 2 rings (SSSR count). The van der Waals surface area contributed by atoms with Crippen molar-refractivity contribution in [3.05, 3.63) is 78.4 Å². The van der Waals surface area contributed by atoms with Crippen LogP contribution in [0, 0.1) is 0 Å². The standard InChI is InChI=1S/C22H24N2O3/c1-3-15-27-19-12-9-17(10-13-19)11-14-21(25)23-16-22(26)24-20-8-6-5-7-18(20)4-2/h3,5-14H,1,4,15-16H2,2H3,(H,23,25)(H,24,26)/b14-11+. The first-order valence-corrected chi connectivity index (χ1v) is 8.79. The molecule has 0 aliphatic carbocycles. The monoisotopic (exact) mass is 364 g/mol. The van der Waals surface area contributed by atoms with Crippen LogP contribution >= 0.6 is 0 Å². The second kappa shape index (κ2) is 10.6. The Hall–Kier alpha value is -3.34. The third-order valence-electron chi connectivity index (χ3n) is 3.77. The van der Waals surface area contributed by atoms with Crippen LogP contribution in [0.4, 0.5) is 5.69 Å². The molecule has 2 aromatic carbocycles. The average Bonchev–Trinajstić information content (AvgIpc) is 2.70. The van der Waals surface area contributed by atoms with Crippen molar-refractivity contribution in [3.63, 3.8) is 0 Å². The summed E-state index contributed by atoms with van der Waals surface area (Å²) < 4.78 is 5.40. The Kier molecular flexibility index (Phi) is 7.85. The lowest BCUT2D eigenvalue weighted by molar-refractivity contribution is -0.121. The van der Waals surface area contributed by atoms with Crippen molar-refractivity contribution in [1.82, 2.24) is 5.32 Å². The lowest BCUT2D eigenvalue weighted by Crippen LogP contribution is -2.31. The summed E-state index contributed by atoms with van der Waals surface area (Å²) in [6.07, 6.45) is 5.57. The molecule has 0 bridgehead atoms. The summed E-state index contributed by atoms with van der Waals surface area (Å²) in [6, 6.07) is 14.9. The number of ether oxygens (including phenoxy) is 1. The molecule has 0 saturated carbocycles. The second-order valence-electron chi connectivity index (χ2n) is 5.78. The van der Waals surface area contributed by atoms with Gasteiger partial charge in [0.2, 0.25) is 11.8 Å². The summed E-state index contributed by atoms with van der Waals surface area (Å²) >= 11 is 0. The molecule has 27 heavy (non-hydrogen) atoms. The highest BCUT2D eigenvalue weighted by Gasteiger charge is 2.06. The first-order chi connectivity index (χ1) is 13.1. The second-order valence-corrected chi connectivity index (χ2v) is 5.78. The number of carbonyl (C=O) groups excluding carboxylic acids is 2. The van der Waals surface area contributed by atoms with Gasteiger partial charge in [-0.2, -0.15) is 0 Å². The summed E-state index contributed by atoms with van der Waals surface area (Å²) in [7, 11) is 0. The molecular weight excluding hydrogens is 340 g/mol. The van der Waals surface area contributed by atoms with E-state index in [-0.39, 0.29) is 18.4 Å². The van der Waals surface area contributed by atoms with E-state index in [9.17, 15) is 9.59 Å². The van der Waals surface area contributed by atoms with Gasteiger partial charge in [-0.25, -0.2) is 0 Å². The molecule has 0 atom stereocenters. The Labute approximate surface area is 159 Å². The molecule has 0 aliphatic rings. The van der Waals surface area contributed by atoms with E-state index in [0.717, 1.165) is 29.0 Å². The Morgan fingerprint density at radius 2 is 1.85 bits per heavy atom. The van der Waals surface area contributed by atoms with Crippen LogP contribution in [-0.4, -0.2) is 25.0 Å². The first kappa shape index (κ1) is 20.0. The topological polar surface area (TPSA) is 67.4 Å². The van der Waals surface area contributed by atoms with Gasteiger partial charge in [0, 0.05) is 11.8 Å². The molecule has 0 spiro atoms. The number of benzene rings is 2. The minimum absolute atomic E-state index is 0.0877. The van der Waals surface area contributed by atoms with Gasteiger partial charge < -0.3 is 15.4 Å². The van der Waals surface area contributed by atoms with E-state index in [0.29, 0.717) is 6.61 Å². The van der Waals surface area contributed by atoms with Crippen molar-refractivity contribution >= 4 is 23.6 Å². The molecule has 140 valence electrons. The summed E-state index contributed by atoms with van der Waals surface area (Å²) in [6.45, 7) is 5.98. The van der Waals surface area contributed by atoms with Crippen molar-refractivity contribution in [3.8, 4) is 5.75 Å². The van der Waals surface area contributed by atoms with E-state index in [1.807, 2.05) is 55.5 Å². The van der Waals surface area contributed by atoms with Crippen molar-refractivity contribution < 1.29 is 14.3 Å². The summed E-state index contributed by atoms with van der Waals surface area (Å²) in [5, 5.41) is 5.39. The van der Waals surface area contributed by atoms with Gasteiger partial charge in [0.15, 0.2) is 0 Å². The lowest BCUT2D eigenvalue weighted by Gasteiger charge is -2.09. The lowest BCUT2D eigenvalue weighted by atomic mass is 10.1. The van der Waals surface area contributed by atoms with E-state index in [1.54, 1.807) is 12.2 Å². The molecule has 5 heteroatoms. The molecule has 0 unspecified atom stereocenters. The highest BCUT2D eigenvalue weighted by molar-refractivity contribution is 5.98. The van der Waals surface area contributed by atoms with Gasteiger partial charge in [-0.1, -0.05) is 49.9 Å². The Morgan fingerprint density at radius 3 is 2.56 bits per heavy atom. The highest BCUT2D eigenvalue weighted by Crippen LogP contribution is 2.15. The highest BCUT2D eigenvalue weighted by atomic mass is 16.5. The van der Waals surface area contributed by atoms with Crippen molar-refractivity contribution in [2.45, 2.75) is 13.3 Å². The fourth-order valence-electron chi connectivity index (χ4n) is 2.37. The molecule has 0 aliphatic heterocycles. The molecule has 2 aromatic rings. The van der Waals surface area contributed by atoms with Crippen LogP contribution in [0.1, 0.15) is 18.1 Å². The van der Waals surface area contributed by atoms with Gasteiger partial charge in [-0.3, -0.25) is 9.59 Å². The number of hydrogen-bond donors (Lipinski definition) is 2. The molecule has 2 amide bonds. The molecule has 0 saturated heterocycles. The fraction of sp³-hybridized carbons (Fsp3) is 0.182. The Balaban J connectivity index is 1.80. The van der Waals surface area contributed by atoms with Crippen LogP contribution in [-0.2, 0) is 16.0 Å². The van der Waals surface area contributed by atoms with Gasteiger partial charge in [-0.05, 0) is 41.8 Å². The fourth-order valence-corrected chi connectivity index (χ4v) is 2.37. The maximum absolute atomic E-state index is 12.0. The Morgan fingerprint density at radius 1 is 1.11 bits per heavy atom. The molecule has 0 radical (unpaired) electrons. The van der Waals surface area contributed by atoms with Crippen molar-refractivity contribution in [1.29, 1.82) is 0 Å². The molecule has 2 N–H and O–H groups in total. The molecular formula is C22H24N2O3. The van der Waals surface area contributed by atoms with Gasteiger partial charge >= 0.3 is 0 Å². The third-order valence-corrected chi connectivity index (χ3v) is 3.77. The number of hydrogen-bond acceptors (Lipinski definition) is 3. The van der Waals surface area contributed by atoms with Crippen LogP contribution < -0.4 is 15.4 Å². The minimum atomic E-state index is -0.332. The smallest absolute Gasteiger partial charge is 0.244 e.